The van der Waals surface area contributed by atoms with Crippen molar-refractivity contribution >= 4 is 10.8 Å². The molecule has 1 aromatic carbocycles. The first-order valence-electron chi connectivity index (χ1n) is 6.41. The molecule has 2 heteroatoms. The summed E-state index contributed by atoms with van der Waals surface area (Å²) in [6, 6.07) is 10.1. The first-order chi connectivity index (χ1) is 8.34. The van der Waals surface area contributed by atoms with Crippen LogP contribution in [-0.4, -0.2) is 9.96 Å². The maximum atomic E-state index is 11.9. The molecule has 0 aliphatic heterocycles. The maximum Gasteiger partial charge on any atom is 0.0485 e. The molecule has 17 heavy (non-hydrogen) atoms. The average molecular weight is 248 g/mol. The monoisotopic (exact) mass is 248 g/mol. The molecule has 92 valence electrons. The molecule has 1 aliphatic rings. The van der Waals surface area contributed by atoms with Crippen LogP contribution < -0.4 is 0 Å². The van der Waals surface area contributed by atoms with Crippen LogP contribution in [0.25, 0.3) is 0 Å². The van der Waals surface area contributed by atoms with Crippen molar-refractivity contribution in [2.45, 2.75) is 37.9 Å². The summed E-state index contributed by atoms with van der Waals surface area (Å²) in [4.78, 5) is 0. The van der Waals surface area contributed by atoms with Crippen molar-refractivity contribution < 1.29 is 4.21 Å². The van der Waals surface area contributed by atoms with E-state index >= 15 is 0 Å². The van der Waals surface area contributed by atoms with Crippen LogP contribution in [0.1, 0.15) is 37.7 Å². The highest BCUT2D eigenvalue weighted by Crippen LogP contribution is 2.20. The third kappa shape index (κ3) is 4.47. The van der Waals surface area contributed by atoms with E-state index < -0.39 is 10.8 Å². The molecule has 0 radical (unpaired) electrons. The molecule has 0 aromatic heterocycles. The van der Waals surface area contributed by atoms with Gasteiger partial charge in [0, 0.05) is 22.3 Å². The van der Waals surface area contributed by atoms with Gasteiger partial charge in [-0.2, -0.15) is 0 Å². The maximum absolute atomic E-state index is 11.9. The Balaban J connectivity index is 1.76. The fourth-order valence-corrected chi connectivity index (χ4v) is 3.41. The highest BCUT2D eigenvalue weighted by atomic mass is 32.2. The normalized spacial score (nSPS) is 17.5. The summed E-state index contributed by atoms with van der Waals surface area (Å²) < 4.78 is 11.9. The Morgan fingerprint density at radius 3 is 2.65 bits per heavy atom. The zero-order valence-electron chi connectivity index (χ0n) is 10.2. The SMILES string of the molecule is O=S(CCC1=CCCCC1)Cc1ccccc1. The summed E-state index contributed by atoms with van der Waals surface area (Å²) in [6.45, 7) is 0. The lowest BCUT2D eigenvalue weighted by molar-refractivity contribution is 0.671. The van der Waals surface area contributed by atoms with Crippen molar-refractivity contribution in [1.29, 1.82) is 0 Å². The number of benzene rings is 1. The van der Waals surface area contributed by atoms with Gasteiger partial charge in [-0.1, -0.05) is 42.0 Å². The van der Waals surface area contributed by atoms with Gasteiger partial charge in [-0.3, -0.25) is 4.21 Å². The van der Waals surface area contributed by atoms with Crippen molar-refractivity contribution in [3.63, 3.8) is 0 Å². The van der Waals surface area contributed by atoms with Crippen LogP contribution in [0.2, 0.25) is 0 Å². The van der Waals surface area contributed by atoms with Crippen LogP contribution in [0.5, 0.6) is 0 Å². The summed E-state index contributed by atoms with van der Waals surface area (Å²) in [5.41, 5.74) is 2.71. The van der Waals surface area contributed by atoms with E-state index in [-0.39, 0.29) is 0 Å². The number of rotatable bonds is 5. The Kier molecular flexibility index (Phi) is 4.99. The van der Waals surface area contributed by atoms with E-state index in [0.717, 1.165) is 12.2 Å². The number of allylic oxidation sites excluding steroid dienone is 2. The molecule has 2 rings (SSSR count). The summed E-state index contributed by atoms with van der Waals surface area (Å²) in [5.74, 6) is 1.52. The van der Waals surface area contributed by atoms with E-state index in [1.807, 2.05) is 18.2 Å². The molecular weight excluding hydrogens is 228 g/mol. The number of hydrogen-bond donors (Lipinski definition) is 0. The van der Waals surface area contributed by atoms with Gasteiger partial charge in [-0.25, -0.2) is 0 Å². The van der Waals surface area contributed by atoms with Gasteiger partial charge in [0.15, 0.2) is 0 Å². The van der Waals surface area contributed by atoms with E-state index in [2.05, 4.69) is 18.2 Å². The minimum atomic E-state index is -0.714. The molecule has 1 aliphatic carbocycles. The molecule has 0 fully saturated rings. The third-order valence-corrected chi connectivity index (χ3v) is 4.52. The summed E-state index contributed by atoms with van der Waals surface area (Å²) in [6.07, 6.45) is 8.47. The summed E-state index contributed by atoms with van der Waals surface area (Å²) in [7, 11) is -0.714. The van der Waals surface area contributed by atoms with Gasteiger partial charge in [0.2, 0.25) is 0 Å². The van der Waals surface area contributed by atoms with Crippen LogP contribution >= 0.6 is 0 Å². The average Bonchev–Trinajstić information content (AvgIpc) is 2.39. The predicted octanol–water partition coefficient (Wildman–Crippen LogP) is 3.83. The molecular formula is C15H20OS. The lowest BCUT2D eigenvalue weighted by atomic mass is 9.98. The quantitative estimate of drug-likeness (QED) is 0.724. The van der Waals surface area contributed by atoms with Crippen molar-refractivity contribution in [3.05, 3.63) is 47.5 Å². The van der Waals surface area contributed by atoms with Gasteiger partial charge < -0.3 is 0 Å². The molecule has 0 N–H and O–H groups in total. The molecule has 1 unspecified atom stereocenters. The minimum Gasteiger partial charge on any atom is -0.259 e. The second kappa shape index (κ2) is 6.75. The summed E-state index contributed by atoms with van der Waals surface area (Å²) in [5, 5.41) is 0. The van der Waals surface area contributed by atoms with E-state index in [4.69, 9.17) is 0 Å². The second-order valence-electron chi connectivity index (χ2n) is 4.63. The van der Waals surface area contributed by atoms with E-state index in [0.29, 0.717) is 5.75 Å². The van der Waals surface area contributed by atoms with E-state index in [1.165, 1.54) is 36.8 Å². The highest BCUT2D eigenvalue weighted by Gasteiger charge is 2.06. The topological polar surface area (TPSA) is 17.1 Å². The van der Waals surface area contributed by atoms with Crippen LogP contribution in [0.4, 0.5) is 0 Å². The minimum absolute atomic E-state index is 0.702. The zero-order valence-corrected chi connectivity index (χ0v) is 11.0. The van der Waals surface area contributed by atoms with Crippen molar-refractivity contribution in [2.24, 2.45) is 0 Å². The molecule has 0 saturated carbocycles. The lowest BCUT2D eigenvalue weighted by Crippen LogP contribution is -2.03. The Labute approximate surface area is 106 Å². The molecule has 1 aromatic rings. The molecule has 1 atom stereocenters. The van der Waals surface area contributed by atoms with Crippen molar-refractivity contribution in [1.82, 2.24) is 0 Å². The number of hydrogen-bond acceptors (Lipinski definition) is 1. The zero-order chi connectivity index (χ0) is 11.9. The first kappa shape index (κ1) is 12.6. The molecule has 0 bridgehead atoms. The highest BCUT2D eigenvalue weighted by molar-refractivity contribution is 7.84. The molecule has 0 heterocycles. The van der Waals surface area contributed by atoms with Crippen LogP contribution in [0, 0.1) is 0 Å². The van der Waals surface area contributed by atoms with Gasteiger partial charge in [-0.15, -0.1) is 0 Å². The predicted molar refractivity (Wildman–Crippen MR) is 74.3 cm³/mol. The molecule has 0 amide bonds. The lowest BCUT2D eigenvalue weighted by Gasteiger charge is -2.12. The van der Waals surface area contributed by atoms with Crippen molar-refractivity contribution in [2.75, 3.05) is 5.75 Å². The Bertz CT molecular complexity index is 395. The molecule has 0 saturated heterocycles. The van der Waals surface area contributed by atoms with E-state index in [9.17, 15) is 4.21 Å². The van der Waals surface area contributed by atoms with Gasteiger partial charge in [0.1, 0.15) is 0 Å². The molecule has 0 spiro atoms. The van der Waals surface area contributed by atoms with Crippen LogP contribution in [0.3, 0.4) is 0 Å². The van der Waals surface area contributed by atoms with Gasteiger partial charge in [0.25, 0.3) is 0 Å². The van der Waals surface area contributed by atoms with Crippen LogP contribution in [0.15, 0.2) is 42.0 Å². The first-order valence-corrected chi connectivity index (χ1v) is 7.90. The Morgan fingerprint density at radius 2 is 1.94 bits per heavy atom. The van der Waals surface area contributed by atoms with Gasteiger partial charge >= 0.3 is 0 Å². The fourth-order valence-electron chi connectivity index (χ4n) is 2.21. The summed E-state index contributed by atoms with van der Waals surface area (Å²) >= 11 is 0. The second-order valence-corrected chi connectivity index (χ2v) is 6.21. The third-order valence-electron chi connectivity index (χ3n) is 3.21. The smallest absolute Gasteiger partial charge is 0.0485 e. The van der Waals surface area contributed by atoms with Crippen LogP contribution in [-0.2, 0) is 16.6 Å². The van der Waals surface area contributed by atoms with Crippen molar-refractivity contribution in [3.8, 4) is 0 Å². The largest absolute Gasteiger partial charge is 0.259 e. The van der Waals surface area contributed by atoms with E-state index in [1.54, 1.807) is 0 Å². The van der Waals surface area contributed by atoms with Gasteiger partial charge in [0.05, 0.1) is 0 Å². The standard InChI is InChI=1S/C15H20OS/c16-17(13-15-9-5-2-6-10-15)12-11-14-7-3-1-4-8-14/h2,5-7,9-10H,1,3-4,8,11-13H2. The molecule has 1 nitrogen and oxygen atoms in total. The Hall–Kier alpha value is -0.890. The fraction of sp³-hybridized carbons (Fsp3) is 0.467. The van der Waals surface area contributed by atoms with Gasteiger partial charge in [-0.05, 0) is 37.7 Å². The Morgan fingerprint density at radius 1 is 1.12 bits per heavy atom.